The molecule has 18 heavy (non-hydrogen) atoms. The molecule has 2 rings (SSSR count). The number of aryl methyl sites for hydroxylation is 1. The van der Waals surface area contributed by atoms with E-state index in [1.807, 2.05) is 13.8 Å². The van der Waals surface area contributed by atoms with Crippen molar-refractivity contribution in [2.24, 2.45) is 5.92 Å². The Morgan fingerprint density at radius 1 is 1.56 bits per heavy atom. The van der Waals surface area contributed by atoms with Crippen molar-refractivity contribution in [1.82, 2.24) is 4.98 Å². The van der Waals surface area contributed by atoms with Gasteiger partial charge in [-0.2, -0.15) is 0 Å². The standard InChI is InChI=1S/C14H19NO3/c1-8-7-15-11(9(2)14(8)18-3)6-12(16)13(17)10-4-5-10/h7,10,13,17H,4-6H2,1-3H3. The van der Waals surface area contributed by atoms with E-state index in [1.165, 1.54) is 0 Å². The van der Waals surface area contributed by atoms with E-state index in [4.69, 9.17) is 4.74 Å². The fourth-order valence-electron chi connectivity index (χ4n) is 2.19. The highest BCUT2D eigenvalue weighted by molar-refractivity contribution is 5.85. The minimum absolute atomic E-state index is 0.140. The zero-order valence-corrected chi connectivity index (χ0v) is 11.1. The van der Waals surface area contributed by atoms with Gasteiger partial charge >= 0.3 is 0 Å². The summed E-state index contributed by atoms with van der Waals surface area (Å²) >= 11 is 0. The van der Waals surface area contributed by atoms with Crippen LogP contribution in [0.5, 0.6) is 5.75 Å². The lowest BCUT2D eigenvalue weighted by Crippen LogP contribution is -2.25. The largest absolute Gasteiger partial charge is 0.496 e. The van der Waals surface area contributed by atoms with Crippen LogP contribution in [-0.2, 0) is 11.2 Å². The number of carbonyl (C=O) groups is 1. The van der Waals surface area contributed by atoms with E-state index in [-0.39, 0.29) is 18.1 Å². The molecule has 0 spiro atoms. The zero-order chi connectivity index (χ0) is 13.3. The average Bonchev–Trinajstić information content (AvgIpc) is 3.16. The molecule has 1 N–H and O–H groups in total. The predicted molar refractivity (Wildman–Crippen MR) is 67.7 cm³/mol. The Balaban J connectivity index is 2.16. The summed E-state index contributed by atoms with van der Waals surface area (Å²) in [5, 5.41) is 9.78. The van der Waals surface area contributed by atoms with Crippen LogP contribution in [0, 0.1) is 19.8 Å². The fraction of sp³-hybridized carbons (Fsp3) is 0.571. The number of aliphatic hydroxyl groups excluding tert-OH is 1. The number of aromatic nitrogens is 1. The van der Waals surface area contributed by atoms with Crippen molar-refractivity contribution in [3.63, 3.8) is 0 Å². The zero-order valence-electron chi connectivity index (χ0n) is 11.1. The number of pyridine rings is 1. The molecule has 0 bridgehead atoms. The van der Waals surface area contributed by atoms with Gasteiger partial charge in [0.15, 0.2) is 5.78 Å². The van der Waals surface area contributed by atoms with Gasteiger partial charge in [0.05, 0.1) is 19.2 Å². The topological polar surface area (TPSA) is 59.4 Å². The number of carbonyl (C=O) groups excluding carboxylic acids is 1. The van der Waals surface area contributed by atoms with Gasteiger partial charge in [-0.1, -0.05) is 0 Å². The van der Waals surface area contributed by atoms with E-state index in [0.717, 1.165) is 29.7 Å². The van der Waals surface area contributed by atoms with E-state index < -0.39 is 6.10 Å². The van der Waals surface area contributed by atoms with Crippen LogP contribution in [0.4, 0.5) is 0 Å². The Labute approximate surface area is 107 Å². The Kier molecular flexibility index (Phi) is 3.66. The number of hydrogen-bond acceptors (Lipinski definition) is 4. The molecule has 0 aliphatic heterocycles. The van der Waals surface area contributed by atoms with E-state index in [1.54, 1.807) is 13.3 Å². The Morgan fingerprint density at radius 2 is 2.22 bits per heavy atom. The first kappa shape index (κ1) is 13.0. The summed E-state index contributed by atoms with van der Waals surface area (Å²) in [6, 6.07) is 0. The number of rotatable bonds is 5. The summed E-state index contributed by atoms with van der Waals surface area (Å²) in [6.45, 7) is 3.81. The Morgan fingerprint density at radius 3 is 2.78 bits per heavy atom. The van der Waals surface area contributed by atoms with Crippen LogP contribution in [0.1, 0.15) is 29.7 Å². The third-order valence-electron chi connectivity index (χ3n) is 3.49. The van der Waals surface area contributed by atoms with Gasteiger partial charge in [0.1, 0.15) is 11.9 Å². The normalized spacial score (nSPS) is 16.4. The first-order valence-electron chi connectivity index (χ1n) is 6.24. The number of nitrogens with zero attached hydrogens (tertiary/aromatic N) is 1. The van der Waals surface area contributed by atoms with Crippen LogP contribution in [-0.4, -0.2) is 29.1 Å². The van der Waals surface area contributed by atoms with Crippen LogP contribution in [0.15, 0.2) is 6.20 Å². The smallest absolute Gasteiger partial charge is 0.167 e. The van der Waals surface area contributed by atoms with E-state index >= 15 is 0 Å². The van der Waals surface area contributed by atoms with Gasteiger partial charge in [0.2, 0.25) is 0 Å². The van der Waals surface area contributed by atoms with Gasteiger partial charge < -0.3 is 9.84 Å². The molecule has 4 heteroatoms. The summed E-state index contributed by atoms with van der Waals surface area (Å²) in [6.07, 6.45) is 2.98. The minimum Gasteiger partial charge on any atom is -0.496 e. The maximum absolute atomic E-state index is 11.9. The van der Waals surface area contributed by atoms with Crippen molar-refractivity contribution < 1.29 is 14.6 Å². The molecular formula is C14H19NO3. The molecule has 1 aromatic heterocycles. The fourth-order valence-corrected chi connectivity index (χ4v) is 2.19. The molecule has 1 fully saturated rings. The van der Waals surface area contributed by atoms with E-state index in [2.05, 4.69) is 4.98 Å². The summed E-state index contributed by atoms with van der Waals surface area (Å²) in [5.41, 5.74) is 2.53. The van der Waals surface area contributed by atoms with Crippen LogP contribution in [0.3, 0.4) is 0 Å². The molecule has 1 heterocycles. The van der Waals surface area contributed by atoms with Crippen LogP contribution >= 0.6 is 0 Å². The third kappa shape index (κ3) is 2.53. The predicted octanol–water partition coefficient (Wildman–Crippen LogP) is 1.59. The van der Waals surface area contributed by atoms with Gasteiger partial charge in [0, 0.05) is 17.3 Å². The highest BCUT2D eigenvalue weighted by Gasteiger charge is 2.34. The average molecular weight is 249 g/mol. The van der Waals surface area contributed by atoms with Crippen molar-refractivity contribution >= 4 is 5.78 Å². The quantitative estimate of drug-likeness (QED) is 0.861. The maximum Gasteiger partial charge on any atom is 0.167 e. The highest BCUT2D eigenvalue weighted by Crippen LogP contribution is 2.33. The molecular weight excluding hydrogens is 230 g/mol. The molecule has 1 atom stereocenters. The monoisotopic (exact) mass is 249 g/mol. The van der Waals surface area contributed by atoms with Crippen LogP contribution < -0.4 is 4.74 Å². The molecule has 0 saturated heterocycles. The van der Waals surface area contributed by atoms with E-state index in [9.17, 15) is 9.90 Å². The SMILES string of the molecule is COc1c(C)cnc(CC(=O)C(O)C2CC2)c1C. The van der Waals surface area contributed by atoms with Crippen molar-refractivity contribution in [2.75, 3.05) is 7.11 Å². The van der Waals surface area contributed by atoms with Gasteiger partial charge in [-0.15, -0.1) is 0 Å². The summed E-state index contributed by atoms with van der Waals surface area (Å²) in [7, 11) is 1.61. The lowest BCUT2D eigenvalue weighted by Gasteiger charge is -2.13. The number of ketones is 1. The van der Waals surface area contributed by atoms with Crippen molar-refractivity contribution in [3.8, 4) is 5.75 Å². The second-order valence-corrected chi connectivity index (χ2v) is 4.97. The Bertz CT molecular complexity index is 466. The molecule has 1 aliphatic carbocycles. The van der Waals surface area contributed by atoms with Gasteiger partial charge in [-0.05, 0) is 32.6 Å². The van der Waals surface area contributed by atoms with Gasteiger partial charge in [-0.3, -0.25) is 9.78 Å². The molecule has 0 aromatic carbocycles. The summed E-state index contributed by atoms with van der Waals surface area (Å²) in [4.78, 5) is 16.2. The number of ether oxygens (including phenoxy) is 1. The highest BCUT2D eigenvalue weighted by atomic mass is 16.5. The molecule has 1 unspecified atom stereocenters. The minimum atomic E-state index is -0.821. The molecule has 4 nitrogen and oxygen atoms in total. The van der Waals surface area contributed by atoms with Crippen molar-refractivity contribution in [2.45, 2.75) is 39.2 Å². The lowest BCUT2D eigenvalue weighted by atomic mass is 10.0. The Hall–Kier alpha value is -1.42. The number of aliphatic hydroxyl groups is 1. The summed E-state index contributed by atoms with van der Waals surface area (Å²) in [5.74, 6) is 0.804. The maximum atomic E-state index is 11.9. The first-order chi connectivity index (χ1) is 8.54. The third-order valence-corrected chi connectivity index (χ3v) is 3.49. The first-order valence-corrected chi connectivity index (χ1v) is 6.24. The number of Topliss-reactive ketones (excluding diaryl/α,β-unsaturated/α-hetero) is 1. The lowest BCUT2D eigenvalue weighted by molar-refractivity contribution is -0.127. The molecule has 1 aliphatic rings. The van der Waals surface area contributed by atoms with Gasteiger partial charge in [-0.25, -0.2) is 0 Å². The molecule has 0 amide bonds. The van der Waals surface area contributed by atoms with Crippen molar-refractivity contribution in [1.29, 1.82) is 0 Å². The summed E-state index contributed by atoms with van der Waals surface area (Å²) < 4.78 is 5.30. The number of hydrogen-bond donors (Lipinski definition) is 1. The molecule has 1 saturated carbocycles. The second kappa shape index (κ2) is 5.06. The van der Waals surface area contributed by atoms with Crippen LogP contribution in [0.2, 0.25) is 0 Å². The molecule has 0 radical (unpaired) electrons. The molecule has 98 valence electrons. The molecule has 1 aromatic rings. The second-order valence-electron chi connectivity index (χ2n) is 4.97. The van der Waals surface area contributed by atoms with Crippen molar-refractivity contribution in [3.05, 3.63) is 23.0 Å². The van der Waals surface area contributed by atoms with Gasteiger partial charge in [0.25, 0.3) is 0 Å². The van der Waals surface area contributed by atoms with Crippen LogP contribution in [0.25, 0.3) is 0 Å². The number of methoxy groups -OCH3 is 1. The van der Waals surface area contributed by atoms with E-state index in [0.29, 0.717) is 5.69 Å².